The van der Waals surface area contributed by atoms with E-state index in [4.69, 9.17) is 9.47 Å². The van der Waals surface area contributed by atoms with Gasteiger partial charge < -0.3 is 9.47 Å². The quantitative estimate of drug-likeness (QED) is 0.505. The van der Waals surface area contributed by atoms with Crippen LogP contribution >= 0.6 is 0 Å². The van der Waals surface area contributed by atoms with Crippen LogP contribution in [0.3, 0.4) is 0 Å². The number of para-hydroxylation sites is 1. The molecule has 8 nitrogen and oxygen atoms in total. The third-order valence-electron chi connectivity index (χ3n) is 3.82. The molecule has 0 heterocycles. The van der Waals surface area contributed by atoms with Crippen LogP contribution in [0.25, 0.3) is 0 Å². The average Bonchev–Trinajstić information content (AvgIpc) is 2.67. The van der Waals surface area contributed by atoms with Crippen molar-refractivity contribution < 1.29 is 22.7 Å². The smallest absolute Gasteiger partial charge is 0.255 e. The Hall–Kier alpha value is -2.91. The zero-order valence-electron chi connectivity index (χ0n) is 16.0. The highest BCUT2D eigenvalue weighted by molar-refractivity contribution is 7.88. The Kier molecular flexibility index (Phi) is 7.53. The lowest BCUT2D eigenvalue weighted by molar-refractivity contribution is -0.121. The maximum Gasteiger partial charge on any atom is 0.255 e. The van der Waals surface area contributed by atoms with Crippen molar-refractivity contribution in [3.8, 4) is 11.5 Å². The molecule has 0 aromatic heterocycles. The highest BCUT2D eigenvalue weighted by Gasteiger charge is 2.20. The van der Waals surface area contributed by atoms with Gasteiger partial charge in [-0.25, -0.2) is 13.8 Å². The van der Waals surface area contributed by atoms with E-state index in [9.17, 15) is 13.2 Å². The van der Waals surface area contributed by atoms with Crippen LogP contribution in [0.2, 0.25) is 0 Å². The Bertz CT molecular complexity index is 930. The highest BCUT2D eigenvalue weighted by atomic mass is 32.2. The van der Waals surface area contributed by atoms with Gasteiger partial charge >= 0.3 is 0 Å². The zero-order chi connectivity index (χ0) is 20.6. The molecule has 2 aromatic rings. The van der Waals surface area contributed by atoms with Crippen LogP contribution in [0.1, 0.15) is 11.1 Å². The summed E-state index contributed by atoms with van der Waals surface area (Å²) >= 11 is 0. The van der Waals surface area contributed by atoms with Crippen LogP contribution in [0.4, 0.5) is 0 Å². The molecule has 0 aliphatic rings. The number of nitrogens with one attached hydrogen (secondary N) is 1. The molecule has 1 amide bonds. The van der Waals surface area contributed by atoms with Crippen molar-refractivity contribution in [2.24, 2.45) is 5.10 Å². The standard InChI is InChI=1S/C19H23N3O5S/c1-26-17-11-7-10-16(19(17)27-2)12-20-21-18(23)14-22(28(3,24)25)13-15-8-5-4-6-9-15/h4-12H,13-14H2,1-3H3,(H,21,23)/b20-12-. The van der Waals surface area contributed by atoms with E-state index >= 15 is 0 Å². The fourth-order valence-corrected chi connectivity index (χ4v) is 3.20. The van der Waals surface area contributed by atoms with Crippen LogP contribution in [-0.2, 0) is 21.4 Å². The molecule has 0 fully saturated rings. The maximum absolute atomic E-state index is 12.2. The SMILES string of the molecule is COc1cccc(/C=N\NC(=O)CN(Cc2ccccc2)S(C)(=O)=O)c1OC. The van der Waals surface area contributed by atoms with Crippen molar-refractivity contribution in [3.05, 3.63) is 59.7 Å². The predicted octanol–water partition coefficient (Wildman–Crippen LogP) is 1.62. The highest BCUT2D eigenvalue weighted by Crippen LogP contribution is 2.29. The van der Waals surface area contributed by atoms with Crippen LogP contribution in [0.5, 0.6) is 11.5 Å². The summed E-state index contributed by atoms with van der Waals surface area (Å²) in [6.45, 7) is -0.249. The van der Waals surface area contributed by atoms with Crippen LogP contribution in [0, 0.1) is 0 Å². The molecule has 0 aliphatic heterocycles. The summed E-state index contributed by atoms with van der Waals surface area (Å²) in [5.74, 6) is 0.452. The van der Waals surface area contributed by atoms with E-state index < -0.39 is 15.9 Å². The van der Waals surface area contributed by atoms with Crippen molar-refractivity contribution in [3.63, 3.8) is 0 Å². The number of amides is 1. The number of nitrogens with zero attached hydrogens (tertiary/aromatic N) is 2. The van der Waals surface area contributed by atoms with Crippen LogP contribution < -0.4 is 14.9 Å². The first-order valence-electron chi connectivity index (χ1n) is 8.37. The second-order valence-corrected chi connectivity index (χ2v) is 7.88. The third kappa shape index (κ3) is 6.07. The lowest BCUT2D eigenvalue weighted by Gasteiger charge is -2.18. The van der Waals surface area contributed by atoms with Gasteiger partial charge in [0.25, 0.3) is 5.91 Å². The van der Waals surface area contributed by atoms with Crippen molar-refractivity contribution in [2.75, 3.05) is 27.0 Å². The largest absolute Gasteiger partial charge is 0.493 e. The lowest BCUT2D eigenvalue weighted by Crippen LogP contribution is -2.38. The maximum atomic E-state index is 12.2. The molecule has 0 aliphatic carbocycles. The molecule has 1 N–H and O–H groups in total. The number of hydrogen-bond donors (Lipinski definition) is 1. The van der Waals surface area contributed by atoms with Gasteiger partial charge in [-0.1, -0.05) is 36.4 Å². The Morgan fingerprint density at radius 1 is 1.11 bits per heavy atom. The van der Waals surface area contributed by atoms with Crippen molar-refractivity contribution in [2.45, 2.75) is 6.54 Å². The number of hydrazone groups is 1. The summed E-state index contributed by atoms with van der Waals surface area (Å²) in [4.78, 5) is 12.2. The van der Waals surface area contributed by atoms with E-state index in [1.165, 1.54) is 20.4 Å². The van der Waals surface area contributed by atoms with Crippen LogP contribution in [0.15, 0.2) is 53.6 Å². The van der Waals surface area contributed by atoms with Gasteiger partial charge in [0.05, 0.1) is 33.2 Å². The first kappa shape index (κ1) is 21.4. The Morgan fingerprint density at radius 3 is 2.43 bits per heavy atom. The van der Waals surface area contributed by atoms with Crippen LogP contribution in [-0.4, -0.2) is 51.9 Å². The van der Waals surface area contributed by atoms with Gasteiger partial charge in [-0.05, 0) is 17.7 Å². The number of sulfonamides is 1. The summed E-state index contributed by atoms with van der Waals surface area (Å²) < 4.78 is 35.6. The van der Waals surface area contributed by atoms with Gasteiger partial charge in [0, 0.05) is 12.1 Å². The molecule has 9 heteroatoms. The Morgan fingerprint density at radius 2 is 1.82 bits per heavy atom. The molecule has 0 atom stereocenters. The van der Waals surface area contributed by atoms with E-state index in [1.807, 2.05) is 18.2 Å². The fourth-order valence-electron chi connectivity index (χ4n) is 2.46. The summed E-state index contributed by atoms with van der Waals surface area (Å²) in [5.41, 5.74) is 3.72. The number of benzene rings is 2. The second kappa shape index (κ2) is 9.86. The van der Waals surface area contributed by atoms with E-state index in [1.54, 1.807) is 30.3 Å². The number of carbonyl (C=O) groups excluding carboxylic acids is 1. The van der Waals surface area contributed by atoms with Gasteiger partial charge in [0.2, 0.25) is 10.0 Å². The minimum atomic E-state index is -3.57. The van der Waals surface area contributed by atoms with Gasteiger partial charge in [-0.2, -0.15) is 9.41 Å². The average molecular weight is 405 g/mol. The summed E-state index contributed by atoms with van der Waals surface area (Å²) in [6, 6.07) is 14.3. The first-order chi connectivity index (χ1) is 13.3. The summed E-state index contributed by atoms with van der Waals surface area (Å²) in [7, 11) is -0.549. The first-order valence-corrected chi connectivity index (χ1v) is 10.2. The van der Waals surface area contributed by atoms with Crippen molar-refractivity contribution >= 4 is 22.1 Å². The number of hydrogen-bond acceptors (Lipinski definition) is 6. The van der Waals surface area contributed by atoms with E-state index in [-0.39, 0.29) is 13.1 Å². The molecule has 0 saturated carbocycles. The van der Waals surface area contributed by atoms with Gasteiger partial charge in [0.1, 0.15) is 0 Å². The van der Waals surface area contributed by atoms with Gasteiger partial charge in [0.15, 0.2) is 11.5 Å². The number of ether oxygens (including phenoxy) is 2. The fraction of sp³-hybridized carbons (Fsp3) is 0.263. The molecule has 28 heavy (non-hydrogen) atoms. The number of carbonyl (C=O) groups is 1. The summed E-state index contributed by atoms with van der Waals surface area (Å²) in [6.07, 6.45) is 2.47. The van der Waals surface area contributed by atoms with E-state index in [2.05, 4.69) is 10.5 Å². The molecule has 0 spiro atoms. The second-order valence-electron chi connectivity index (χ2n) is 5.89. The molecule has 0 bridgehead atoms. The molecular formula is C19H23N3O5S. The Balaban J connectivity index is 2.04. The van der Waals surface area contributed by atoms with E-state index in [0.717, 1.165) is 16.1 Å². The molecular weight excluding hydrogens is 382 g/mol. The zero-order valence-corrected chi connectivity index (χ0v) is 16.8. The minimum absolute atomic E-state index is 0.0977. The monoisotopic (exact) mass is 405 g/mol. The normalized spacial score (nSPS) is 11.6. The minimum Gasteiger partial charge on any atom is -0.493 e. The molecule has 2 aromatic carbocycles. The molecule has 0 unspecified atom stereocenters. The third-order valence-corrected chi connectivity index (χ3v) is 5.01. The topological polar surface area (TPSA) is 97.3 Å². The van der Waals surface area contributed by atoms with Gasteiger partial charge in [-0.15, -0.1) is 0 Å². The molecule has 0 saturated heterocycles. The van der Waals surface area contributed by atoms with Crippen molar-refractivity contribution in [1.82, 2.24) is 9.73 Å². The number of methoxy groups -OCH3 is 2. The molecule has 0 radical (unpaired) electrons. The molecule has 2 rings (SSSR count). The number of rotatable bonds is 9. The lowest BCUT2D eigenvalue weighted by atomic mass is 10.2. The predicted molar refractivity (Wildman–Crippen MR) is 107 cm³/mol. The van der Waals surface area contributed by atoms with Gasteiger partial charge in [-0.3, -0.25) is 4.79 Å². The molecule has 150 valence electrons. The van der Waals surface area contributed by atoms with Crippen molar-refractivity contribution in [1.29, 1.82) is 0 Å². The van der Waals surface area contributed by atoms with E-state index in [0.29, 0.717) is 17.1 Å². The Labute approximate surface area is 164 Å². The summed E-state index contributed by atoms with van der Waals surface area (Å²) in [5, 5.41) is 3.89.